The van der Waals surface area contributed by atoms with Gasteiger partial charge in [0.25, 0.3) is 0 Å². The van der Waals surface area contributed by atoms with E-state index in [1.165, 1.54) is 21.2 Å². The molecule has 0 aliphatic rings. The van der Waals surface area contributed by atoms with Gasteiger partial charge < -0.3 is 10.0 Å². The first-order valence-corrected chi connectivity index (χ1v) is 8.08. The summed E-state index contributed by atoms with van der Waals surface area (Å²) < 4.78 is 0. The third kappa shape index (κ3) is 5.25. The second-order valence-corrected chi connectivity index (χ2v) is 6.69. The van der Waals surface area contributed by atoms with Crippen molar-refractivity contribution in [3.63, 3.8) is 0 Å². The molecule has 0 saturated carbocycles. The molecule has 0 radical (unpaired) electrons. The number of likely N-dealkylation sites (N-methyl/N-ethyl adjacent to an activating group) is 1. The van der Waals surface area contributed by atoms with Crippen LogP contribution in [0.4, 0.5) is 0 Å². The normalized spacial score (nSPS) is 13.0. The van der Waals surface area contributed by atoms with Gasteiger partial charge in [0.2, 0.25) is 0 Å². The largest absolute Gasteiger partial charge is 0.395 e. The van der Waals surface area contributed by atoms with Crippen LogP contribution in [-0.2, 0) is 6.54 Å². The first kappa shape index (κ1) is 17.3. The number of nitrogens with one attached hydrogen (secondary N) is 1. The van der Waals surface area contributed by atoms with Gasteiger partial charge in [0.05, 0.1) is 20.2 Å². The quantitative estimate of drug-likeness (QED) is 0.815. The summed E-state index contributed by atoms with van der Waals surface area (Å²) in [6.45, 7) is 5.87. The van der Waals surface area contributed by atoms with E-state index in [1.54, 1.807) is 0 Å². The van der Waals surface area contributed by atoms with Crippen LogP contribution in [0.5, 0.6) is 0 Å². The van der Waals surface area contributed by atoms with Gasteiger partial charge in [-0.1, -0.05) is 54.3 Å². The summed E-state index contributed by atoms with van der Waals surface area (Å²) in [4.78, 5) is 1.42. The number of quaternary nitrogens is 1. The van der Waals surface area contributed by atoms with E-state index < -0.39 is 0 Å². The van der Waals surface area contributed by atoms with Crippen LogP contribution in [0, 0.1) is 17.3 Å². The number of rotatable bonds is 5. The van der Waals surface area contributed by atoms with Gasteiger partial charge in [0.15, 0.2) is 0 Å². The molecule has 0 spiro atoms. The Bertz CT molecular complexity index is 729. The number of aliphatic hydroxyl groups excluding tert-OH is 1. The number of hydrogen-bond acceptors (Lipinski definition) is 1. The van der Waals surface area contributed by atoms with Crippen molar-refractivity contribution in [2.45, 2.75) is 20.4 Å². The fourth-order valence-corrected chi connectivity index (χ4v) is 2.44. The van der Waals surface area contributed by atoms with E-state index in [0.29, 0.717) is 0 Å². The van der Waals surface area contributed by atoms with E-state index in [-0.39, 0.29) is 12.0 Å². The molecule has 2 N–H and O–H groups in total. The standard InChI is InChI=1S/C21H25NO/c1-21(2,17-23)14-7-4-8-15-22(3)16-19-12-9-11-18-10-5-6-13-20(18)19/h4-6,8-13,23H,15-17H2,1-3H3/p+1. The lowest BCUT2D eigenvalue weighted by Crippen LogP contribution is -3.07. The van der Waals surface area contributed by atoms with Crippen LogP contribution in [0.2, 0.25) is 0 Å². The second kappa shape index (κ2) is 7.97. The molecule has 0 aliphatic carbocycles. The molecular formula is C21H26NO+. The van der Waals surface area contributed by atoms with E-state index in [9.17, 15) is 0 Å². The van der Waals surface area contributed by atoms with Gasteiger partial charge in [-0.25, -0.2) is 0 Å². The van der Waals surface area contributed by atoms with Crippen LogP contribution < -0.4 is 4.90 Å². The molecule has 1 unspecified atom stereocenters. The van der Waals surface area contributed by atoms with Gasteiger partial charge >= 0.3 is 0 Å². The molecule has 0 saturated heterocycles. The molecule has 0 fully saturated rings. The van der Waals surface area contributed by atoms with Gasteiger partial charge in [-0.05, 0) is 36.8 Å². The van der Waals surface area contributed by atoms with Crippen molar-refractivity contribution in [1.82, 2.24) is 0 Å². The minimum absolute atomic E-state index is 0.0834. The Labute approximate surface area is 139 Å². The van der Waals surface area contributed by atoms with Crippen LogP contribution in [-0.4, -0.2) is 25.3 Å². The minimum atomic E-state index is -0.327. The van der Waals surface area contributed by atoms with Crippen molar-refractivity contribution >= 4 is 10.8 Å². The zero-order valence-corrected chi connectivity index (χ0v) is 14.3. The van der Waals surface area contributed by atoms with Gasteiger partial charge in [-0.3, -0.25) is 0 Å². The predicted molar refractivity (Wildman–Crippen MR) is 97.2 cm³/mol. The zero-order valence-electron chi connectivity index (χ0n) is 14.3. The average molecular weight is 308 g/mol. The highest BCUT2D eigenvalue weighted by atomic mass is 16.3. The van der Waals surface area contributed by atoms with E-state index in [0.717, 1.165) is 13.1 Å². The van der Waals surface area contributed by atoms with Crippen molar-refractivity contribution < 1.29 is 10.0 Å². The van der Waals surface area contributed by atoms with Crippen molar-refractivity contribution in [3.8, 4) is 11.8 Å². The Balaban J connectivity index is 1.96. The summed E-state index contributed by atoms with van der Waals surface area (Å²) in [5.41, 5.74) is 1.05. The Kier molecular flexibility index (Phi) is 5.98. The van der Waals surface area contributed by atoms with E-state index >= 15 is 0 Å². The lowest BCUT2D eigenvalue weighted by molar-refractivity contribution is -0.887. The number of aliphatic hydroxyl groups is 1. The van der Waals surface area contributed by atoms with Crippen LogP contribution in [0.15, 0.2) is 54.6 Å². The topological polar surface area (TPSA) is 24.7 Å². The molecule has 0 amide bonds. The summed E-state index contributed by atoms with van der Waals surface area (Å²) in [6.07, 6.45) is 3.99. The lowest BCUT2D eigenvalue weighted by atomic mass is 9.96. The highest BCUT2D eigenvalue weighted by molar-refractivity contribution is 5.85. The Hall–Kier alpha value is -2.08. The summed E-state index contributed by atoms with van der Waals surface area (Å²) in [5, 5.41) is 11.8. The monoisotopic (exact) mass is 308 g/mol. The molecule has 2 aromatic rings. The number of allylic oxidation sites excluding steroid dienone is 1. The van der Waals surface area contributed by atoms with E-state index in [4.69, 9.17) is 5.11 Å². The van der Waals surface area contributed by atoms with Gasteiger partial charge in [0.1, 0.15) is 6.54 Å². The maximum Gasteiger partial charge on any atom is 0.103 e. The molecule has 0 heterocycles. The fourth-order valence-electron chi connectivity index (χ4n) is 2.44. The summed E-state index contributed by atoms with van der Waals surface area (Å²) in [5.74, 6) is 6.08. The fraction of sp³-hybridized carbons (Fsp3) is 0.333. The molecule has 0 aromatic heterocycles. The third-order valence-electron chi connectivity index (χ3n) is 3.85. The molecule has 120 valence electrons. The Morgan fingerprint density at radius 1 is 1.13 bits per heavy atom. The van der Waals surface area contributed by atoms with E-state index in [2.05, 4.69) is 67.4 Å². The molecule has 2 aromatic carbocycles. The van der Waals surface area contributed by atoms with Crippen molar-refractivity contribution in [3.05, 3.63) is 60.2 Å². The second-order valence-electron chi connectivity index (χ2n) is 6.69. The van der Waals surface area contributed by atoms with Crippen LogP contribution in [0.25, 0.3) is 10.8 Å². The molecular weight excluding hydrogens is 282 g/mol. The van der Waals surface area contributed by atoms with Crippen molar-refractivity contribution in [2.75, 3.05) is 20.2 Å². The SMILES string of the molecule is C[NH+](CC=CC#CC(C)(C)CO)Cc1cccc2ccccc12. The molecule has 1 atom stereocenters. The molecule has 2 heteroatoms. The summed E-state index contributed by atoms with van der Waals surface area (Å²) in [7, 11) is 2.19. The summed E-state index contributed by atoms with van der Waals surface area (Å²) >= 11 is 0. The van der Waals surface area contributed by atoms with Crippen molar-refractivity contribution in [2.24, 2.45) is 5.41 Å². The van der Waals surface area contributed by atoms with Gasteiger partial charge in [-0.15, -0.1) is 0 Å². The third-order valence-corrected chi connectivity index (χ3v) is 3.85. The molecule has 0 bridgehead atoms. The highest BCUT2D eigenvalue weighted by Gasteiger charge is 2.10. The zero-order chi connectivity index (χ0) is 16.7. The van der Waals surface area contributed by atoms with Crippen LogP contribution >= 0.6 is 0 Å². The minimum Gasteiger partial charge on any atom is -0.395 e. The summed E-state index contributed by atoms with van der Waals surface area (Å²) in [6, 6.07) is 15.0. The first-order valence-electron chi connectivity index (χ1n) is 8.08. The van der Waals surface area contributed by atoms with Crippen molar-refractivity contribution in [1.29, 1.82) is 0 Å². The first-order chi connectivity index (χ1) is 11.0. The maximum atomic E-state index is 9.16. The Morgan fingerprint density at radius 3 is 2.65 bits per heavy atom. The maximum absolute atomic E-state index is 9.16. The number of benzene rings is 2. The van der Waals surface area contributed by atoms with Gasteiger partial charge in [-0.2, -0.15) is 0 Å². The predicted octanol–water partition coefficient (Wildman–Crippen LogP) is 2.43. The van der Waals surface area contributed by atoms with Crippen LogP contribution in [0.3, 0.4) is 0 Å². The lowest BCUT2D eigenvalue weighted by Gasteiger charge is -2.13. The molecule has 2 nitrogen and oxygen atoms in total. The van der Waals surface area contributed by atoms with Crippen LogP contribution in [0.1, 0.15) is 19.4 Å². The average Bonchev–Trinajstić information content (AvgIpc) is 2.55. The van der Waals surface area contributed by atoms with E-state index in [1.807, 2.05) is 19.9 Å². The Morgan fingerprint density at radius 2 is 1.87 bits per heavy atom. The number of fused-ring (bicyclic) bond motifs is 1. The molecule has 0 aliphatic heterocycles. The smallest absolute Gasteiger partial charge is 0.103 e. The molecule has 2 rings (SSSR count). The number of hydrogen-bond donors (Lipinski definition) is 2. The van der Waals surface area contributed by atoms with Gasteiger partial charge in [0, 0.05) is 11.0 Å². The molecule has 23 heavy (non-hydrogen) atoms. The highest BCUT2D eigenvalue weighted by Crippen LogP contribution is 2.17.